The quantitative estimate of drug-likeness (QED) is 0.100. The fraction of sp³-hybridized carbons (Fsp3) is 0.500. The zero-order valence-corrected chi connectivity index (χ0v) is 30.0. The average Bonchev–Trinajstić information content (AvgIpc) is 3.13. The van der Waals surface area contributed by atoms with Gasteiger partial charge in [-0.15, -0.1) is 5.11 Å². The van der Waals surface area contributed by atoms with Gasteiger partial charge in [-0.1, -0.05) is 33.6 Å². The van der Waals surface area contributed by atoms with Crippen LogP contribution in [0.1, 0.15) is 69.9 Å². The van der Waals surface area contributed by atoms with Gasteiger partial charge >= 0.3 is 0 Å². The normalized spacial score (nSPS) is 25.7. The fourth-order valence-electron chi connectivity index (χ4n) is 7.80. The fourth-order valence-corrected chi connectivity index (χ4v) is 7.80. The Balaban J connectivity index is 1.46. The van der Waals surface area contributed by atoms with Gasteiger partial charge in [0.2, 0.25) is 5.78 Å². The number of aliphatic hydroxyl groups is 4. The van der Waals surface area contributed by atoms with Crippen molar-refractivity contribution in [3.05, 3.63) is 52.3 Å². The van der Waals surface area contributed by atoms with Gasteiger partial charge in [-0.25, -0.2) is 0 Å². The van der Waals surface area contributed by atoms with Gasteiger partial charge in [0.15, 0.2) is 11.4 Å². The van der Waals surface area contributed by atoms with Crippen LogP contribution >= 0.6 is 0 Å². The maximum absolute atomic E-state index is 14.0. The topological polar surface area (TPSA) is 234 Å². The highest BCUT2D eigenvalue weighted by Crippen LogP contribution is 2.57. The number of anilines is 1. The molecule has 0 spiro atoms. The van der Waals surface area contributed by atoms with E-state index in [2.05, 4.69) is 29.0 Å². The third-order valence-corrected chi connectivity index (χ3v) is 10.6. The van der Waals surface area contributed by atoms with Crippen LogP contribution < -0.4 is 20.1 Å². The summed E-state index contributed by atoms with van der Waals surface area (Å²) in [6.45, 7) is 9.15. The molecule has 0 unspecified atom stereocenters. The summed E-state index contributed by atoms with van der Waals surface area (Å²) in [4.78, 5) is 41.1. The molecule has 1 saturated carbocycles. The Kier molecular flexibility index (Phi) is 10.8. The Labute approximate surface area is 306 Å². The summed E-state index contributed by atoms with van der Waals surface area (Å²) in [7, 11) is 0. The lowest BCUT2D eigenvalue weighted by Crippen LogP contribution is -2.63. The van der Waals surface area contributed by atoms with Gasteiger partial charge in [-0.2, -0.15) is 5.11 Å². The number of phenols is 1. The van der Waals surface area contributed by atoms with E-state index in [0.29, 0.717) is 56.7 Å². The Hall–Kier alpha value is -4.99. The van der Waals surface area contributed by atoms with Crippen molar-refractivity contribution in [3.8, 4) is 17.2 Å². The molecule has 5 atom stereocenters. The molecule has 2 aromatic carbocycles. The van der Waals surface area contributed by atoms with Crippen LogP contribution in [0.3, 0.4) is 0 Å². The number of aliphatic hydroxyl groups excluding tert-OH is 3. The Bertz CT molecular complexity index is 1900. The van der Waals surface area contributed by atoms with Crippen LogP contribution in [0.15, 0.2) is 51.4 Å². The minimum Gasteiger partial charge on any atom is -0.508 e. The van der Waals surface area contributed by atoms with E-state index in [-0.39, 0.29) is 16.8 Å². The number of Topliss-reactive ketones (excluding diaryl/α,β-unsaturated/α-hetero) is 2. The van der Waals surface area contributed by atoms with Gasteiger partial charge < -0.3 is 50.4 Å². The minimum atomic E-state index is -2.93. The molecule has 2 aromatic rings. The van der Waals surface area contributed by atoms with Gasteiger partial charge in [0.25, 0.3) is 5.91 Å². The van der Waals surface area contributed by atoms with E-state index in [0.717, 1.165) is 31.4 Å². The number of carbonyl (C=O) groups excluding carboxylic acids is 3. The first-order chi connectivity index (χ1) is 25.4. The smallest absolute Gasteiger partial charge is 0.255 e. The summed E-state index contributed by atoms with van der Waals surface area (Å²) < 4.78 is 18.0. The lowest BCUT2D eigenvalue weighted by Gasteiger charge is -2.50. The van der Waals surface area contributed by atoms with Crippen LogP contribution in [-0.2, 0) is 19.1 Å². The van der Waals surface area contributed by atoms with E-state index in [1.54, 1.807) is 13.0 Å². The molecule has 3 aliphatic carbocycles. The molecule has 4 aliphatic rings. The summed E-state index contributed by atoms with van der Waals surface area (Å²) >= 11 is 0. The van der Waals surface area contributed by atoms with Gasteiger partial charge in [0, 0.05) is 49.1 Å². The second kappa shape index (κ2) is 15.2. The average molecular weight is 735 g/mol. The molecular formula is C38H46N4O11. The van der Waals surface area contributed by atoms with Crippen LogP contribution in [0, 0.1) is 11.8 Å². The second-order valence-corrected chi connectivity index (χ2v) is 13.9. The summed E-state index contributed by atoms with van der Waals surface area (Å²) in [5, 5.41) is 66.0. The van der Waals surface area contributed by atoms with Crippen LogP contribution in [0.25, 0.3) is 5.76 Å². The maximum atomic E-state index is 14.0. The van der Waals surface area contributed by atoms with E-state index in [1.807, 2.05) is 6.07 Å². The summed E-state index contributed by atoms with van der Waals surface area (Å²) in [6.07, 6.45) is 1.14. The molecule has 2 fully saturated rings. The largest absolute Gasteiger partial charge is 0.508 e. The monoisotopic (exact) mass is 734 g/mol. The number of hydrogen-bond donors (Lipinski definition) is 6. The summed E-state index contributed by atoms with van der Waals surface area (Å²) in [5.41, 5.74) is 2.38. The highest BCUT2D eigenvalue weighted by atomic mass is 16.5. The summed E-state index contributed by atoms with van der Waals surface area (Å²) in [5.74, 6) is -8.57. The van der Waals surface area contributed by atoms with Crippen molar-refractivity contribution >= 4 is 40.3 Å². The predicted octanol–water partition coefficient (Wildman–Crippen LogP) is 4.57. The molecule has 284 valence electrons. The number of unbranched alkanes of at least 4 members (excludes halogenated alkanes) is 2. The molecule has 1 aliphatic heterocycles. The molecule has 15 heteroatoms. The molecule has 15 nitrogen and oxygen atoms in total. The molecule has 6 rings (SSSR count). The first-order valence-electron chi connectivity index (χ1n) is 18.1. The number of fused-ring (bicyclic) bond motifs is 3. The lowest BCUT2D eigenvalue weighted by atomic mass is 9.55. The highest BCUT2D eigenvalue weighted by molar-refractivity contribution is 6.23. The molecular weight excluding hydrogens is 688 g/mol. The number of phenolic OH excluding ortho intramolecular Hbond substituents is 1. The SMILES string of the molecule is CCCCOc1cc(N2CCOCC2)c(OCCCC)cc1N=Nc1ccc(O)c2c1[C@H](C)[C@@H]1C(=C2O)C(=O)[C@]2(O)C(O)=C(C(N)=O)C(=O)C[C@@H]2[C@H]1O. The predicted molar refractivity (Wildman–Crippen MR) is 192 cm³/mol. The van der Waals surface area contributed by atoms with Crippen molar-refractivity contribution in [1.29, 1.82) is 0 Å². The number of amides is 1. The van der Waals surface area contributed by atoms with Crippen LogP contribution in [0.2, 0.25) is 0 Å². The summed E-state index contributed by atoms with van der Waals surface area (Å²) in [6, 6.07) is 6.40. The number of nitrogens with zero attached hydrogens (tertiary/aromatic N) is 3. The number of aromatic hydroxyl groups is 1. The number of ketones is 2. The number of ether oxygens (including phenoxy) is 3. The van der Waals surface area contributed by atoms with Crippen LogP contribution in [0.5, 0.6) is 17.2 Å². The molecule has 1 amide bonds. The number of carbonyl (C=O) groups is 3. The van der Waals surface area contributed by atoms with E-state index in [4.69, 9.17) is 19.9 Å². The van der Waals surface area contributed by atoms with Crippen molar-refractivity contribution in [3.63, 3.8) is 0 Å². The van der Waals surface area contributed by atoms with Gasteiger partial charge in [0.1, 0.15) is 40.0 Å². The van der Waals surface area contributed by atoms with E-state index in [9.17, 15) is 39.9 Å². The Morgan fingerprint density at radius 1 is 1.00 bits per heavy atom. The third kappa shape index (κ3) is 6.50. The van der Waals surface area contributed by atoms with Gasteiger partial charge in [-0.05, 0) is 36.5 Å². The van der Waals surface area contributed by atoms with Crippen molar-refractivity contribution in [2.75, 3.05) is 44.4 Å². The molecule has 1 heterocycles. The molecule has 1 saturated heterocycles. The lowest BCUT2D eigenvalue weighted by molar-refractivity contribution is -0.160. The van der Waals surface area contributed by atoms with Crippen LogP contribution in [-0.4, -0.2) is 94.2 Å². The third-order valence-electron chi connectivity index (χ3n) is 10.6. The number of azo groups is 1. The molecule has 0 bridgehead atoms. The zero-order chi connectivity index (χ0) is 38.2. The molecule has 0 aromatic heterocycles. The zero-order valence-electron chi connectivity index (χ0n) is 30.0. The van der Waals surface area contributed by atoms with Crippen molar-refractivity contribution in [2.24, 2.45) is 27.8 Å². The van der Waals surface area contributed by atoms with Gasteiger partial charge in [-0.3, -0.25) is 14.4 Å². The Morgan fingerprint density at radius 3 is 2.28 bits per heavy atom. The van der Waals surface area contributed by atoms with Crippen LogP contribution in [0.4, 0.5) is 17.1 Å². The maximum Gasteiger partial charge on any atom is 0.255 e. The first-order valence-corrected chi connectivity index (χ1v) is 18.1. The van der Waals surface area contributed by atoms with Crippen molar-refractivity contribution < 1.29 is 54.1 Å². The number of hydrogen-bond acceptors (Lipinski definition) is 14. The standard InChI is InChI=1S/C38H46N4O11/c1-4-6-12-52-26-18-23(42-10-14-51-15-11-42)27(53-13-7-5-2)17-22(26)41-40-21-8-9-24(43)30-28(21)19(3)29-32(34(30)46)36(48)38(50)20(33(29)45)16-25(44)31(35(38)47)37(39)49/h8-9,17-20,29,33,43,45-47,50H,4-7,10-16H2,1-3H3,(H2,39,49)/t19-,20+,29+,33+,38+/m0/s1. The number of primary amides is 1. The number of morpholine rings is 1. The molecule has 0 radical (unpaired) electrons. The number of benzene rings is 2. The van der Waals surface area contributed by atoms with E-state index >= 15 is 0 Å². The van der Waals surface area contributed by atoms with Gasteiger partial charge in [0.05, 0.1) is 49.5 Å². The van der Waals surface area contributed by atoms with Crippen molar-refractivity contribution in [2.45, 2.75) is 70.5 Å². The number of rotatable bonds is 12. The van der Waals surface area contributed by atoms with E-state index in [1.165, 1.54) is 12.1 Å². The van der Waals surface area contributed by atoms with E-state index < -0.39 is 81.8 Å². The Morgan fingerprint density at radius 2 is 1.64 bits per heavy atom. The molecule has 53 heavy (non-hydrogen) atoms. The minimum absolute atomic E-state index is 0.182. The highest BCUT2D eigenvalue weighted by Gasteiger charge is 2.65. The second-order valence-electron chi connectivity index (χ2n) is 13.9. The number of nitrogens with two attached hydrogens (primary N) is 1. The molecule has 7 N–H and O–H groups in total. The van der Waals surface area contributed by atoms with Crippen molar-refractivity contribution in [1.82, 2.24) is 0 Å². The first kappa shape index (κ1) is 37.8.